The van der Waals surface area contributed by atoms with Crippen LogP contribution in [0.3, 0.4) is 0 Å². The fraction of sp³-hybridized carbons (Fsp3) is 0.158. The molecule has 0 bridgehead atoms. The molecule has 0 aliphatic heterocycles. The molecule has 0 unspecified atom stereocenters. The van der Waals surface area contributed by atoms with Gasteiger partial charge in [0.25, 0.3) is 0 Å². The molecule has 4 aromatic rings. The fourth-order valence-corrected chi connectivity index (χ4v) is 3.45. The van der Waals surface area contributed by atoms with Crippen molar-refractivity contribution >= 4 is 39.7 Å². The number of benzene rings is 2. The van der Waals surface area contributed by atoms with Crippen molar-refractivity contribution in [3.8, 4) is 0 Å². The van der Waals surface area contributed by atoms with Gasteiger partial charge in [0, 0.05) is 19.0 Å². The van der Waals surface area contributed by atoms with Crippen LogP contribution < -0.4 is 5.32 Å². The predicted octanol–water partition coefficient (Wildman–Crippen LogP) is 3.06. The number of nitrogens with one attached hydrogen (secondary N) is 1. The number of nitrogens with zero attached hydrogens (tertiary/aromatic N) is 4. The molecule has 2 aromatic carbocycles. The molecule has 0 saturated carbocycles. The fourth-order valence-electron chi connectivity index (χ4n) is 2.84. The predicted molar refractivity (Wildman–Crippen MR) is 103 cm³/mol. The lowest BCUT2D eigenvalue weighted by Crippen LogP contribution is -2.24. The first-order chi connectivity index (χ1) is 13.1. The number of carbonyl (C=O) groups excluding carboxylic acids is 1. The molecule has 6 nitrogen and oxygen atoms in total. The highest BCUT2D eigenvalue weighted by Gasteiger charge is 2.13. The molecule has 8 heteroatoms. The Morgan fingerprint density at radius 1 is 1.15 bits per heavy atom. The summed E-state index contributed by atoms with van der Waals surface area (Å²) < 4.78 is 14.9. The van der Waals surface area contributed by atoms with E-state index in [4.69, 9.17) is 0 Å². The number of aryl methyl sites for hydroxylation is 1. The Labute approximate surface area is 158 Å². The summed E-state index contributed by atoms with van der Waals surface area (Å²) in [5, 5.41) is 12.7. The maximum absolute atomic E-state index is 12.9. The Hall–Kier alpha value is -3.00. The molecule has 1 N–H and O–H groups in total. The van der Waals surface area contributed by atoms with Gasteiger partial charge in [0.05, 0.1) is 11.3 Å². The van der Waals surface area contributed by atoms with Crippen LogP contribution >= 0.6 is 11.8 Å². The minimum Gasteiger partial charge on any atom is -0.351 e. The van der Waals surface area contributed by atoms with E-state index in [2.05, 4.69) is 20.5 Å². The zero-order valence-electron chi connectivity index (χ0n) is 14.5. The molecular formula is C19H16FN5OS. The number of thioether (sulfide) groups is 1. The van der Waals surface area contributed by atoms with Crippen molar-refractivity contribution in [2.24, 2.45) is 7.05 Å². The minimum absolute atomic E-state index is 0.148. The van der Waals surface area contributed by atoms with Crippen molar-refractivity contribution < 1.29 is 9.18 Å². The molecule has 136 valence electrons. The highest BCUT2D eigenvalue weighted by Crippen LogP contribution is 2.25. The molecule has 0 aliphatic rings. The molecule has 27 heavy (non-hydrogen) atoms. The van der Waals surface area contributed by atoms with Gasteiger partial charge < -0.3 is 9.88 Å². The van der Waals surface area contributed by atoms with Crippen LogP contribution in [0, 0.1) is 5.82 Å². The van der Waals surface area contributed by atoms with Crippen LogP contribution in [0.1, 0.15) is 5.56 Å². The van der Waals surface area contributed by atoms with Crippen LogP contribution in [0.25, 0.3) is 22.1 Å². The minimum atomic E-state index is -0.297. The second kappa shape index (κ2) is 7.32. The van der Waals surface area contributed by atoms with E-state index in [0.717, 1.165) is 27.6 Å². The van der Waals surface area contributed by atoms with E-state index in [-0.39, 0.29) is 17.5 Å². The molecule has 0 saturated heterocycles. The van der Waals surface area contributed by atoms with E-state index >= 15 is 0 Å². The van der Waals surface area contributed by atoms with E-state index in [9.17, 15) is 9.18 Å². The first-order valence-electron chi connectivity index (χ1n) is 8.33. The zero-order chi connectivity index (χ0) is 18.8. The Morgan fingerprint density at radius 3 is 2.74 bits per heavy atom. The number of para-hydroxylation sites is 1. The molecule has 0 aliphatic carbocycles. The van der Waals surface area contributed by atoms with Gasteiger partial charge in [-0.05, 0) is 23.8 Å². The van der Waals surface area contributed by atoms with Gasteiger partial charge >= 0.3 is 0 Å². The second-order valence-electron chi connectivity index (χ2n) is 6.03. The average molecular weight is 381 g/mol. The molecule has 0 atom stereocenters. The van der Waals surface area contributed by atoms with Crippen LogP contribution in [-0.4, -0.2) is 31.4 Å². The smallest absolute Gasteiger partial charge is 0.230 e. The van der Waals surface area contributed by atoms with Gasteiger partial charge in [0.2, 0.25) is 11.1 Å². The van der Waals surface area contributed by atoms with E-state index in [1.807, 2.05) is 35.9 Å². The molecule has 0 spiro atoms. The second-order valence-corrected chi connectivity index (χ2v) is 6.98. The van der Waals surface area contributed by atoms with Crippen LogP contribution in [0.15, 0.2) is 53.7 Å². The highest BCUT2D eigenvalue weighted by atomic mass is 32.2. The Balaban J connectivity index is 1.42. The van der Waals surface area contributed by atoms with Gasteiger partial charge in [0.15, 0.2) is 5.65 Å². The largest absolute Gasteiger partial charge is 0.351 e. The Kier molecular flexibility index (Phi) is 4.72. The van der Waals surface area contributed by atoms with Gasteiger partial charge in [-0.2, -0.15) is 0 Å². The lowest BCUT2D eigenvalue weighted by molar-refractivity contribution is -0.118. The SMILES string of the molecule is Cn1c2ccccc2c2nnc(SCC(=O)NCc3ccc(F)cc3)nc21. The first-order valence-corrected chi connectivity index (χ1v) is 9.32. The third-order valence-corrected chi connectivity index (χ3v) is 5.06. The first kappa shape index (κ1) is 17.4. The van der Waals surface area contributed by atoms with Gasteiger partial charge in [-0.25, -0.2) is 9.37 Å². The molecule has 4 rings (SSSR count). The third kappa shape index (κ3) is 3.61. The van der Waals surface area contributed by atoms with Crippen molar-refractivity contribution in [1.82, 2.24) is 25.1 Å². The number of halogens is 1. The summed E-state index contributed by atoms with van der Waals surface area (Å²) in [7, 11) is 1.93. The van der Waals surface area contributed by atoms with Gasteiger partial charge in [0.1, 0.15) is 11.3 Å². The van der Waals surface area contributed by atoms with Crippen LogP contribution in [-0.2, 0) is 18.4 Å². The number of carbonyl (C=O) groups is 1. The average Bonchev–Trinajstić information content (AvgIpc) is 2.98. The summed E-state index contributed by atoms with van der Waals surface area (Å²) in [6, 6.07) is 13.9. The number of hydrogen-bond donors (Lipinski definition) is 1. The van der Waals surface area contributed by atoms with E-state index < -0.39 is 0 Å². The van der Waals surface area contributed by atoms with Gasteiger partial charge in [-0.3, -0.25) is 4.79 Å². The standard InChI is InChI=1S/C19H16FN5OS/c1-25-15-5-3-2-4-14(15)17-18(25)22-19(24-23-17)27-11-16(26)21-10-12-6-8-13(20)9-7-12/h2-9H,10-11H2,1H3,(H,21,26). The van der Waals surface area contributed by atoms with Crippen LogP contribution in [0.2, 0.25) is 0 Å². The summed E-state index contributed by atoms with van der Waals surface area (Å²) in [5.41, 5.74) is 3.36. The number of fused-ring (bicyclic) bond motifs is 3. The molecule has 1 amide bonds. The summed E-state index contributed by atoms with van der Waals surface area (Å²) in [4.78, 5) is 16.6. The van der Waals surface area contributed by atoms with Crippen molar-refractivity contribution in [1.29, 1.82) is 0 Å². The molecular weight excluding hydrogens is 365 g/mol. The zero-order valence-corrected chi connectivity index (χ0v) is 15.3. The van der Waals surface area contributed by atoms with Crippen molar-refractivity contribution in [2.45, 2.75) is 11.7 Å². The monoisotopic (exact) mass is 381 g/mol. The summed E-state index contributed by atoms with van der Waals surface area (Å²) in [6.45, 7) is 0.348. The topological polar surface area (TPSA) is 72.7 Å². The van der Waals surface area contributed by atoms with Crippen molar-refractivity contribution in [3.05, 3.63) is 59.9 Å². The lowest BCUT2D eigenvalue weighted by Gasteiger charge is -2.05. The summed E-state index contributed by atoms with van der Waals surface area (Å²) in [5.74, 6) is -0.266. The van der Waals surface area contributed by atoms with Crippen LogP contribution in [0.5, 0.6) is 0 Å². The number of amides is 1. The number of hydrogen-bond acceptors (Lipinski definition) is 5. The number of rotatable bonds is 5. The Morgan fingerprint density at radius 2 is 1.93 bits per heavy atom. The maximum Gasteiger partial charge on any atom is 0.230 e. The Bertz CT molecular complexity index is 1130. The van der Waals surface area contributed by atoms with Crippen molar-refractivity contribution in [2.75, 3.05) is 5.75 Å². The molecule has 0 fully saturated rings. The maximum atomic E-state index is 12.9. The molecule has 0 radical (unpaired) electrons. The normalized spacial score (nSPS) is 11.2. The quantitative estimate of drug-likeness (QED) is 0.538. The van der Waals surface area contributed by atoms with Crippen molar-refractivity contribution in [3.63, 3.8) is 0 Å². The van der Waals surface area contributed by atoms with Crippen LogP contribution in [0.4, 0.5) is 4.39 Å². The van der Waals surface area contributed by atoms with E-state index in [0.29, 0.717) is 11.7 Å². The van der Waals surface area contributed by atoms with Gasteiger partial charge in [-0.15, -0.1) is 10.2 Å². The summed E-state index contributed by atoms with van der Waals surface area (Å²) in [6.07, 6.45) is 0. The molecule has 2 heterocycles. The molecule has 2 aromatic heterocycles. The lowest BCUT2D eigenvalue weighted by atomic mass is 10.2. The summed E-state index contributed by atoms with van der Waals surface area (Å²) >= 11 is 1.23. The third-order valence-electron chi connectivity index (χ3n) is 4.22. The van der Waals surface area contributed by atoms with Gasteiger partial charge in [-0.1, -0.05) is 42.1 Å². The highest BCUT2D eigenvalue weighted by molar-refractivity contribution is 7.99. The number of aromatic nitrogens is 4. The van der Waals surface area contributed by atoms with E-state index in [1.165, 1.54) is 23.9 Å². The van der Waals surface area contributed by atoms with E-state index in [1.54, 1.807) is 12.1 Å².